The molecule has 0 bridgehead atoms. The maximum Gasteiger partial charge on any atom is 0.214 e. The molecule has 2 fully saturated rings. The molecule has 0 aromatic rings. The van der Waals surface area contributed by atoms with Gasteiger partial charge in [-0.3, -0.25) is 0 Å². The zero-order chi connectivity index (χ0) is 13.2. The molecule has 2 saturated carbocycles. The van der Waals surface area contributed by atoms with Crippen molar-refractivity contribution in [3.8, 4) is 0 Å². The summed E-state index contributed by atoms with van der Waals surface area (Å²) in [6.45, 7) is 0.706. The third-order valence-electron chi connectivity index (χ3n) is 4.34. The van der Waals surface area contributed by atoms with E-state index < -0.39 is 10.0 Å². The molecule has 0 atom stereocenters. The third kappa shape index (κ3) is 3.94. The largest absolute Gasteiger partial charge is 0.214 e. The van der Waals surface area contributed by atoms with Crippen LogP contribution in [0.3, 0.4) is 0 Å². The Labute approximate surface area is 119 Å². The van der Waals surface area contributed by atoms with Crippen LogP contribution in [0.4, 0.5) is 0 Å². The zero-order valence-corrected chi connectivity index (χ0v) is 13.5. The molecule has 0 radical (unpaired) electrons. The normalized spacial score (nSPS) is 30.4. The van der Waals surface area contributed by atoms with Gasteiger partial charge in [0.05, 0.1) is 5.75 Å². The first-order valence-electron chi connectivity index (χ1n) is 7.05. The molecule has 18 heavy (non-hydrogen) atoms. The lowest BCUT2D eigenvalue weighted by molar-refractivity contribution is 0.273. The van der Waals surface area contributed by atoms with Crippen LogP contribution in [0.1, 0.15) is 44.9 Å². The highest BCUT2D eigenvalue weighted by Gasteiger charge is 2.31. The number of rotatable bonds is 5. The predicted octanol–water partition coefficient (Wildman–Crippen LogP) is 3.00. The first-order valence-corrected chi connectivity index (χ1v) is 9.58. The maximum absolute atomic E-state index is 12.3. The van der Waals surface area contributed by atoms with E-state index in [9.17, 15) is 8.42 Å². The Bertz CT molecular complexity index is 359. The van der Waals surface area contributed by atoms with E-state index in [1.807, 2.05) is 0 Å². The van der Waals surface area contributed by atoms with E-state index in [4.69, 9.17) is 0 Å². The molecular weight excluding hydrogens is 314 g/mol. The molecule has 0 heterocycles. The summed E-state index contributed by atoms with van der Waals surface area (Å²) in [6, 6.07) is 0. The second-order valence-electron chi connectivity index (χ2n) is 6.00. The molecule has 0 aromatic carbocycles. The van der Waals surface area contributed by atoms with Crippen molar-refractivity contribution < 1.29 is 8.42 Å². The van der Waals surface area contributed by atoms with Crippen LogP contribution in [-0.2, 0) is 10.0 Å². The zero-order valence-electron chi connectivity index (χ0n) is 11.1. The lowest BCUT2D eigenvalue weighted by Gasteiger charge is -2.34. The van der Waals surface area contributed by atoms with Crippen LogP contribution in [0.5, 0.6) is 0 Å². The predicted molar refractivity (Wildman–Crippen MR) is 78.4 cm³/mol. The number of alkyl halides is 1. The topological polar surface area (TPSA) is 37.4 Å². The van der Waals surface area contributed by atoms with Crippen LogP contribution in [0.25, 0.3) is 0 Å². The SMILES string of the molecule is CN(CC1CC(Br)C1)S(=O)(=O)CC1CCCCC1. The fraction of sp³-hybridized carbons (Fsp3) is 1.00. The van der Waals surface area contributed by atoms with E-state index in [0.717, 1.165) is 25.7 Å². The highest BCUT2D eigenvalue weighted by Crippen LogP contribution is 2.34. The molecule has 5 heteroatoms. The second-order valence-corrected chi connectivity index (χ2v) is 9.41. The Kier molecular flexibility index (Phi) is 5.12. The molecule has 0 unspecified atom stereocenters. The van der Waals surface area contributed by atoms with Crippen LogP contribution in [-0.4, -0.2) is 36.9 Å². The van der Waals surface area contributed by atoms with Crippen molar-refractivity contribution in [2.75, 3.05) is 19.3 Å². The van der Waals surface area contributed by atoms with Gasteiger partial charge in [-0.25, -0.2) is 12.7 Å². The molecule has 0 spiro atoms. The number of hydrogen-bond acceptors (Lipinski definition) is 2. The lowest BCUT2D eigenvalue weighted by Crippen LogP contribution is -2.40. The molecule has 2 aliphatic rings. The van der Waals surface area contributed by atoms with E-state index in [-0.39, 0.29) is 0 Å². The van der Waals surface area contributed by atoms with Crippen molar-refractivity contribution in [2.24, 2.45) is 11.8 Å². The fourth-order valence-electron chi connectivity index (χ4n) is 3.06. The Morgan fingerprint density at radius 2 is 1.72 bits per heavy atom. The van der Waals surface area contributed by atoms with Gasteiger partial charge in [0.15, 0.2) is 0 Å². The van der Waals surface area contributed by atoms with Crippen LogP contribution >= 0.6 is 15.9 Å². The molecule has 0 amide bonds. The Balaban J connectivity index is 1.81. The average Bonchev–Trinajstić information content (AvgIpc) is 2.27. The lowest BCUT2D eigenvalue weighted by atomic mass is 9.85. The second kappa shape index (κ2) is 6.23. The Morgan fingerprint density at radius 1 is 1.11 bits per heavy atom. The van der Waals surface area contributed by atoms with Crippen molar-refractivity contribution in [2.45, 2.75) is 49.8 Å². The standard InChI is InChI=1S/C13H24BrNO2S/c1-15(9-12-7-13(14)8-12)18(16,17)10-11-5-3-2-4-6-11/h11-13H,2-10H2,1H3. The van der Waals surface area contributed by atoms with Gasteiger partial charge < -0.3 is 0 Å². The van der Waals surface area contributed by atoms with Crippen LogP contribution in [0.2, 0.25) is 0 Å². The van der Waals surface area contributed by atoms with Gasteiger partial charge in [0.25, 0.3) is 0 Å². The van der Waals surface area contributed by atoms with Gasteiger partial charge in [-0.15, -0.1) is 0 Å². The molecule has 2 aliphatic carbocycles. The van der Waals surface area contributed by atoms with E-state index in [0.29, 0.717) is 29.0 Å². The summed E-state index contributed by atoms with van der Waals surface area (Å²) >= 11 is 3.55. The molecule has 0 saturated heterocycles. The highest BCUT2D eigenvalue weighted by atomic mass is 79.9. The number of hydrogen-bond donors (Lipinski definition) is 0. The minimum absolute atomic E-state index is 0.369. The van der Waals surface area contributed by atoms with Gasteiger partial charge >= 0.3 is 0 Å². The number of halogens is 1. The quantitative estimate of drug-likeness (QED) is 0.723. The van der Waals surface area contributed by atoms with Crippen molar-refractivity contribution in [1.82, 2.24) is 4.31 Å². The Morgan fingerprint density at radius 3 is 2.28 bits per heavy atom. The van der Waals surface area contributed by atoms with Gasteiger partial charge in [0.2, 0.25) is 10.0 Å². The van der Waals surface area contributed by atoms with Crippen LogP contribution in [0, 0.1) is 11.8 Å². The summed E-state index contributed by atoms with van der Waals surface area (Å²) in [5, 5.41) is 0. The van der Waals surface area contributed by atoms with E-state index in [2.05, 4.69) is 15.9 Å². The van der Waals surface area contributed by atoms with Gasteiger partial charge in [0.1, 0.15) is 0 Å². The summed E-state index contributed by atoms with van der Waals surface area (Å²) < 4.78 is 26.1. The summed E-state index contributed by atoms with van der Waals surface area (Å²) in [7, 11) is -1.28. The minimum atomic E-state index is -3.03. The molecular formula is C13H24BrNO2S. The monoisotopic (exact) mass is 337 g/mol. The van der Waals surface area contributed by atoms with E-state index >= 15 is 0 Å². The average molecular weight is 338 g/mol. The van der Waals surface area contributed by atoms with Crippen molar-refractivity contribution in [3.05, 3.63) is 0 Å². The molecule has 3 nitrogen and oxygen atoms in total. The number of sulfonamides is 1. The molecule has 0 aliphatic heterocycles. The van der Waals surface area contributed by atoms with Gasteiger partial charge in [0, 0.05) is 18.4 Å². The molecule has 106 valence electrons. The molecule has 0 aromatic heterocycles. The molecule has 2 rings (SSSR count). The van der Waals surface area contributed by atoms with Gasteiger partial charge in [-0.1, -0.05) is 35.2 Å². The van der Waals surface area contributed by atoms with E-state index in [1.165, 1.54) is 19.3 Å². The molecule has 0 N–H and O–H groups in total. The number of nitrogens with zero attached hydrogens (tertiary/aromatic N) is 1. The Hall–Kier alpha value is 0.390. The first kappa shape index (κ1) is 14.8. The van der Waals surface area contributed by atoms with E-state index in [1.54, 1.807) is 11.4 Å². The van der Waals surface area contributed by atoms with Crippen LogP contribution < -0.4 is 0 Å². The summed E-state index contributed by atoms with van der Waals surface area (Å²) in [5.74, 6) is 1.32. The highest BCUT2D eigenvalue weighted by molar-refractivity contribution is 9.09. The van der Waals surface area contributed by atoms with Crippen molar-refractivity contribution >= 4 is 26.0 Å². The summed E-state index contributed by atoms with van der Waals surface area (Å²) in [5.41, 5.74) is 0. The van der Waals surface area contributed by atoms with Crippen molar-refractivity contribution in [1.29, 1.82) is 0 Å². The fourth-order valence-corrected chi connectivity index (χ4v) is 5.74. The van der Waals surface area contributed by atoms with Crippen LogP contribution in [0.15, 0.2) is 0 Å². The maximum atomic E-state index is 12.3. The third-order valence-corrected chi connectivity index (χ3v) is 7.08. The van der Waals surface area contributed by atoms with Gasteiger partial charge in [-0.05, 0) is 37.5 Å². The summed E-state index contributed by atoms with van der Waals surface area (Å²) in [6.07, 6.45) is 8.11. The smallest absolute Gasteiger partial charge is 0.212 e. The minimum Gasteiger partial charge on any atom is -0.212 e. The first-order chi connectivity index (χ1) is 8.47. The van der Waals surface area contributed by atoms with Crippen molar-refractivity contribution in [3.63, 3.8) is 0 Å². The summed E-state index contributed by atoms with van der Waals surface area (Å²) in [4.78, 5) is 0.608. The van der Waals surface area contributed by atoms with Gasteiger partial charge in [-0.2, -0.15) is 0 Å².